The van der Waals surface area contributed by atoms with Crippen molar-refractivity contribution in [3.8, 4) is 0 Å². The molecule has 0 saturated heterocycles. The highest BCUT2D eigenvalue weighted by molar-refractivity contribution is 5.88. The molecular weight excluding hydrogens is 360 g/mol. The van der Waals surface area contributed by atoms with Crippen molar-refractivity contribution in [1.29, 1.82) is 0 Å². The maximum atomic E-state index is 2.42. The summed E-state index contributed by atoms with van der Waals surface area (Å²) >= 11 is 0. The zero-order chi connectivity index (χ0) is 21.4. The molecule has 0 aliphatic heterocycles. The lowest BCUT2D eigenvalue weighted by Gasteiger charge is -2.20. The van der Waals surface area contributed by atoms with E-state index >= 15 is 0 Å². The normalized spacial score (nSPS) is 12.6. The van der Waals surface area contributed by atoms with Crippen LogP contribution >= 0.6 is 0 Å². The first kappa shape index (κ1) is 20.7. The van der Waals surface area contributed by atoms with Gasteiger partial charge in [-0.2, -0.15) is 0 Å². The van der Waals surface area contributed by atoms with Crippen molar-refractivity contribution < 1.29 is 0 Å². The Morgan fingerprint density at radius 3 is 2.07 bits per heavy atom. The molecule has 0 amide bonds. The molecular formula is C30H34. The first-order chi connectivity index (χ1) is 14.4. The van der Waals surface area contributed by atoms with Crippen molar-refractivity contribution in [1.82, 2.24) is 0 Å². The van der Waals surface area contributed by atoms with Crippen LogP contribution in [0.1, 0.15) is 52.8 Å². The third-order valence-corrected chi connectivity index (χ3v) is 6.74. The van der Waals surface area contributed by atoms with Gasteiger partial charge in [0.2, 0.25) is 0 Å². The van der Waals surface area contributed by atoms with Gasteiger partial charge in [0.25, 0.3) is 0 Å². The van der Waals surface area contributed by atoms with Crippen molar-refractivity contribution in [2.75, 3.05) is 0 Å². The van der Waals surface area contributed by atoms with Crippen LogP contribution in [0.3, 0.4) is 0 Å². The summed E-state index contributed by atoms with van der Waals surface area (Å²) in [6.07, 6.45) is 3.37. The highest BCUT2D eigenvalue weighted by atomic mass is 14.2. The predicted molar refractivity (Wildman–Crippen MR) is 133 cm³/mol. The average molecular weight is 395 g/mol. The highest BCUT2D eigenvalue weighted by Crippen LogP contribution is 2.30. The van der Waals surface area contributed by atoms with Gasteiger partial charge in [0.15, 0.2) is 0 Å². The predicted octanol–water partition coefficient (Wildman–Crippen LogP) is 8.21. The van der Waals surface area contributed by atoms with Crippen LogP contribution in [0.4, 0.5) is 0 Å². The summed E-state index contributed by atoms with van der Waals surface area (Å²) in [5.74, 6) is 0.609. The minimum atomic E-state index is 0.609. The van der Waals surface area contributed by atoms with Crippen molar-refractivity contribution in [2.24, 2.45) is 5.92 Å². The zero-order valence-corrected chi connectivity index (χ0v) is 19.4. The summed E-state index contributed by atoms with van der Waals surface area (Å²) in [4.78, 5) is 0. The SMILES string of the molecule is CCc1cc2ccc(C)cc2c(C)c1CC(C)Cc1cc2cc(C)ccc2cc1C. The molecule has 4 rings (SSSR count). The molecule has 0 nitrogen and oxygen atoms in total. The van der Waals surface area contributed by atoms with E-state index in [1.807, 2.05) is 0 Å². The number of rotatable bonds is 5. The summed E-state index contributed by atoms with van der Waals surface area (Å²) in [5, 5.41) is 5.52. The van der Waals surface area contributed by atoms with Gasteiger partial charge in [-0.1, -0.05) is 79.6 Å². The molecule has 154 valence electrons. The molecule has 0 aliphatic rings. The van der Waals surface area contributed by atoms with Crippen LogP contribution < -0.4 is 0 Å². The van der Waals surface area contributed by atoms with E-state index in [9.17, 15) is 0 Å². The fourth-order valence-corrected chi connectivity index (χ4v) is 4.99. The Kier molecular flexibility index (Phi) is 5.69. The maximum Gasteiger partial charge on any atom is -0.0149 e. The van der Waals surface area contributed by atoms with E-state index in [1.165, 1.54) is 54.9 Å². The van der Waals surface area contributed by atoms with Crippen LogP contribution in [0, 0.1) is 33.6 Å². The Morgan fingerprint density at radius 2 is 1.33 bits per heavy atom. The number of hydrogen-bond acceptors (Lipinski definition) is 0. The molecule has 0 heteroatoms. The van der Waals surface area contributed by atoms with E-state index in [0.29, 0.717) is 5.92 Å². The van der Waals surface area contributed by atoms with Crippen LogP contribution in [-0.4, -0.2) is 0 Å². The smallest absolute Gasteiger partial charge is 0.0149 e. The molecule has 0 fully saturated rings. The second-order valence-electron chi connectivity index (χ2n) is 9.36. The van der Waals surface area contributed by atoms with Crippen molar-refractivity contribution in [3.05, 3.63) is 93.5 Å². The maximum absolute atomic E-state index is 2.42. The van der Waals surface area contributed by atoms with Gasteiger partial charge >= 0.3 is 0 Å². The van der Waals surface area contributed by atoms with Crippen molar-refractivity contribution >= 4 is 21.5 Å². The van der Waals surface area contributed by atoms with Gasteiger partial charge in [0, 0.05) is 0 Å². The van der Waals surface area contributed by atoms with Crippen LogP contribution in [0.15, 0.2) is 54.6 Å². The molecule has 4 aromatic rings. The third-order valence-electron chi connectivity index (χ3n) is 6.74. The van der Waals surface area contributed by atoms with E-state index in [-0.39, 0.29) is 0 Å². The Morgan fingerprint density at radius 1 is 0.667 bits per heavy atom. The summed E-state index contributed by atoms with van der Waals surface area (Å²) in [6.45, 7) is 13.7. The molecule has 1 unspecified atom stereocenters. The van der Waals surface area contributed by atoms with Gasteiger partial charge in [-0.05, 0) is 102 Å². The van der Waals surface area contributed by atoms with Gasteiger partial charge in [-0.3, -0.25) is 0 Å². The standard InChI is InChI=1S/C30H34/c1-7-24-17-26-11-9-20(3)14-30(26)23(6)29(24)15-21(4)13-27-18-28-12-19(2)8-10-25(28)16-22(27)5/h8-12,14,16-18,21H,7,13,15H2,1-6H3. The Hall–Kier alpha value is -2.60. The average Bonchev–Trinajstić information content (AvgIpc) is 2.71. The second kappa shape index (κ2) is 8.26. The van der Waals surface area contributed by atoms with Crippen LogP contribution in [-0.2, 0) is 19.3 Å². The van der Waals surface area contributed by atoms with Gasteiger partial charge in [-0.15, -0.1) is 0 Å². The number of benzene rings is 4. The molecule has 0 bridgehead atoms. The minimum Gasteiger partial charge on any atom is -0.0619 e. The van der Waals surface area contributed by atoms with Crippen LogP contribution in [0.2, 0.25) is 0 Å². The Bertz CT molecular complexity index is 1230. The van der Waals surface area contributed by atoms with E-state index in [4.69, 9.17) is 0 Å². The summed E-state index contributed by atoms with van der Waals surface area (Å²) in [7, 11) is 0. The van der Waals surface area contributed by atoms with Gasteiger partial charge in [-0.25, -0.2) is 0 Å². The number of fused-ring (bicyclic) bond motifs is 2. The lowest BCUT2D eigenvalue weighted by Crippen LogP contribution is -2.09. The first-order valence-electron chi connectivity index (χ1n) is 11.4. The summed E-state index contributed by atoms with van der Waals surface area (Å²) in [5.41, 5.74) is 10.1. The van der Waals surface area contributed by atoms with E-state index < -0.39 is 0 Å². The molecule has 0 saturated carbocycles. The molecule has 4 aromatic carbocycles. The van der Waals surface area contributed by atoms with Gasteiger partial charge in [0.1, 0.15) is 0 Å². The fourth-order valence-electron chi connectivity index (χ4n) is 4.99. The van der Waals surface area contributed by atoms with E-state index in [0.717, 1.165) is 19.3 Å². The third kappa shape index (κ3) is 4.01. The molecule has 0 N–H and O–H groups in total. The van der Waals surface area contributed by atoms with Gasteiger partial charge in [0.05, 0.1) is 0 Å². The molecule has 0 spiro atoms. The summed E-state index contributed by atoms with van der Waals surface area (Å²) < 4.78 is 0. The summed E-state index contributed by atoms with van der Waals surface area (Å²) in [6, 6.07) is 20.8. The van der Waals surface area contributed by atoms with Crippen LogP contribution in [0.5, 0.6) is 0 Å². The molecule has 0 aliphatic carbocycles. The second-order valence-corrected chi connectivity index (χ2v) is 9.36. The topological polar surface area (TPSA) is 0 Å². The van der Waals surface area contributed by atoms with Crippen molar-refractivity contribution in [3.63, 3.8) is 0 Å². The van der Waals surface area contributed by atoms with Gasteiger partial charge < -0.3 is 0 Å². The quantitative estimate of drug-likeness (QED) is 0.320. The van der Waals surface area contributed by atoms with Crippen molar-refractivity contribution in [2.45, 2.75) is 60.8 Å². The number of hydrogen-bond donors (Lipinski definition) is 0. The zero-order valence-electron chi connectivity index (χ0n) is 19.4. The number of aryl methyl sites for hydroxylation is 5. The van der Waals surface area contributed by atoms with E-state index in [2.05, 4.69) is 96.1 Å². The largest absolute Gasteiger partial charge is 0.0619 e. The Labute approximate surface area is 182 Å². The lowest BCUT2D eigenvalue weighted by atomic mass is 9.85. The fraction of sp³-hybridized carbons (Fsp3) is 0.333. The molecule has 1 atom stereocenters. The molecule has 30 heavy (non-hydrogen) atoms. The van der Waals surface area contributed by atoms with E-state index in [1.54, 1.807) is 5.56 Å². The van der Waals surface area contributed by atoms with Crippen LogP contribution in [0.25, 0.3) is 21.5 Å². The minimum absolute atomic E-state index is 0.609. The lowest BCUT2D eigenvalue weighted by molar-refractivity contribution is 0.572. The first-order valence-corrected chi connectivity index (χ1v) is 11.4. The molecule has 0 radical (unpaired) electrons. The molecule has 0 heterocycles. The highest BCUT2D eigenvalue weighted by Gasteiger charge is 2.15. The monoisotopic (exact) mass is 394 g/mol. The Balaban J connectivity index is 1.66. The molecule has 0 aromatic heterocycles.